The summed E-state index contributed by atoms with van der Waals surface area (Å²) in [6, 6.07) is 0. The van der Waals surface area contributed by atoms with Crippen molar-refractivity contribution in [3.8, 4) is 0 Å². The summed E-state index contributed by atoms with van der Waals surface area (Å²) in [4.78, 5) is 5.19. The lowest BCUT2D eigenvalue weighted by Gasteiger charge is -2.38. The maximum Gasteiger partial charge on any atom is 0.138 e. The fourth-order valence-corrected chi connectivity index (χ4v) is 0.704. The topological polar surface area (TPSA) is 56.5 Å². The first-order valence-electron chi connectivity index (χ1n) is 3.37. The first-order valence-corrected chi connectivity index (χ1v) is 3.37. The summed E-state index contributed by atoms with van der Waals surface area (Å²) >= 11 is 0. The Hall–Kier alpha value is -0.160. The molecular formula is C6H14N2O2. The first-order chi connectivity index (χ1) is 4.52. The van der Waals surface area contributed by atoms with Crippen LogP contribution in [0.4, 0.5) is 0 Å². The molecule has 1 saturated heterocycles. The number of rotatable bonds is 0. The van der Waals surface area contributed by atoms with Crippen LogP contribution >= 0.6 is 0 Å². The van der Waals surface area contributed by atoms with Crippen molar-refractivity contribution in [2.45, 2.75) is 38.8 Å². The van der Waals surface area contributed by atoms with Gasteiger partial charge in [0.2, 0.25) is 0 Å². The van der Waals surface area contributed by atoms with E-state index < -0.39 is 5.60 Å². The van der Waals surface area contributed by atoms with E-state index in [0.29, 0.717) is 0 Å². The number of ether oxygens (including phenoxy) is 1. The van der Waals surface area contributed by atoms with E-state index in [1.54, 1.807) is 0 Å². The Balaban J connectivity index is 2.52. The third-order valence-electron chi connectivity index (χ3n) is 1.52. The Labute approximate surface area is 60.6 Å². The van der Waals surface area contributed by atoms with Crippen molar-refractivity contribution in [2.75, 3.05) is 0 Å². The number of hydrogen-bond donors (Lipinski definition) is 2. The minimum absolute atomic E-state index is 0.122. The lowest BCUT2D eigenvalue weighted by molar-refractivity contribution is -0.266. The summed E-state index contributed by atoms with van der Waals surface area (Å²) in [5.74, 6) is 0. The van der Waals surface area contributed by atoms with Crippen LogP contribution < -0.4 is 11.2 Å². The van der Waals surface area contributed by atoms with Crippen molar-refractivity contribution in [1.29, 1.82) is 0 Å². The van der Waals surface area contributed by atoms with Crippen LogP contribution in [0.25, 0.3) is 0 Å². The quantitative estimate of drug-likeness (QED) is 0.503. The second-order valence-corrected chi connectivity index (χ2v) is 3.02. The summed E-state index contributed by atoms with van der Waals surface area (Å²) < 4.78 is 5.24. The van der Waals surface area contributed by atoms with Gasteiger partial charge in [-0.2, -0.15) is 5.48 Å². The fourth-order valence-electron chi connectivity index (χ4n) is 0.704. The largest absolute Gasteiger partial charge is 0.341 e. The van der Waals surface area contributed by atoms with Crippen LogP contribution in [0.2, 0.25) is 0 Å². The number of hydrogen-bond acceptors (Lipinski definition) is 4. The molecule has 0 aromatic heterocycles. The number of hydroxylamine groups is 1. The molecule has 2 atom stereocenters. The van der Waals surface area contributed by atoms with Crippen LogP contribution in [0.1, 0.15) is 20.8 Å². The van der Waals surface area contributed by atoms with Gasteiger partial charge < -0.3 is 10.5 Å². The van der Waals surface area contributed by atoms with Crippen LogP contribution in [0.15, 0.2) is 0 Å². The summed E-state index contributed by atoms with van der Waals surface area (Å²) in [6.07, 6.45) is -0.480. The molecule has 0 aromatic rings. The first kappa shape index (κ1) is 7.94. The second kappa shape index (κ2) is 2.47. The summed E-state index contributed by atoms with van der Waals surface area (Å²) in [7, 11) is 0. The monoisotopic (exact) mass is 146 g/mol. The molecular weight excluding hydrogens is 132 g/mol. The van der Waals surface area contributed by atoms with Gasteiger partial charge in [0.25, 0.3) is 0 Å². The molecule has 0 aromatic carbocycles. The van der Waals surface area contributed by atoms with Gasteiger partial charge in [0.15, 0.2) is 0 Å². The highest BCUT2D eigenvalue weighted by molar-refractivity contribution is 4.77. The third-order valence-corrected chi connectivity index (χ3v) is 1.52. The van der Waals surface area contributed by atoms with Crippen molar-refractivity contribution in [2.24, 2.45) is 5.73 Å². The summed E-state index contributed by atoms with van der Waals surface area (Å²) in [6.45, 7) is 5.59. The second-order valence-electron chi connectivity index (χ2n) is 3.02. The standard InChI is InChI=1S/C6H14N2O2/c1-4-8-10-6(2,3)5(7)9-4/h4-5,8H,7H2,1-3H3/t4-,5-/m1/s1. The Morgan fingerprint density at radius 2 is 2.10 bits per heavy atom. The highest BCUT2D eigenvalue weighted by Gasteiger charge is 2.34. The molecule has 0 aliphatic carbocycles. The molecule has 0 spiro atoms. The zero-order valence-electron chi connectivity index (χ0n) is 6.55. The molecule has 1 aliphatic rings. The third kappa shape index (κ3) is 1.46. The van der Waals surface area contributed by atoms with Gasteiger partial charge in [-0.1, -0.05) is 0 Å². The lowest BCUT2D eigenvalue weighted by Crippen LogP contribution is -2.58. The predicted molar refractivity (Wildman–Crippen MR) is 36.8 cm³/mol. The van der Waals surface area contributed by atoms with E-state index in [4.69, 9.17) is 15.3 Å². The highest BCUT2D eigenvalue weighted by Crippen LogP contribution is 2.17. The molecule has 1 rings (SSSR count). The number of nitrogens with one attached hydrogen (secondary N) is 1. The molecule has 1 aliphatic heterocycles. The Morgan fingerprint density at radius 3 is 2.50 bits per heavy atom. The van der Waals surface area contributed by atoms with Gasteiger partial charge in [-0.05, 0) is 20.8 Å². The maximum atomic E-state index is 5.62. The Morgan fingerprint density at radius 1 is 1.50 bits per heavy atom. The van der Waals surface area contributed by atoms with E-state index >= 15 is 0 Å². The molecule has 0 bridgehead atoms. The Kier molecular flexibility index (Phi) is 1.96. The maximum absolute atomic E-state index is 5.62. The van der Waals surface area contributed by atoms with Gasteiger partial charge in [-0.3, -0.25) is 4.84 Å². The van der Waals surface area contributed by atoms with E-state index in [2.05, 4.69) is 5.48 Å². The van der Waals surface area contributed by atoms with Gasteiger partial charge in [-0.15, -0.1) is 0 Å². The zero-order chi connectivity index (χ0) is 7.78. The molecule has 0 unspecified atom stereocenters. The van der Waals surface area contributed by atoms with E-state index in [1.807, 2.05) is 20.8 Å². The molecule has 10 heavy (non-hydrogen) atoms. The van der Waals surface area contributed by atoms with Crippen molar-refractivity contribution in [3.05, 3.63) is 0 Å². The lowest BCUT2D eigenvalue weighted by atomic mass is 10.1. The molecule has 60 valence electrons. The minimum Gasteiger partial charge on any atom is -0.341 e. The van der Waals surface area contributed by atoms with Gasteiger partial charge >= 0.3 is 0 Å². The van der Waals surface area contributed by atoms with Crippen LogP contribution in [-0.4, -0.2) is 18.1 Å². The molecule has 0 saturated carbocycles. The molecule has 0 amide bonds. The molecule has 1 heterocycles. The average molecular weight is 146 g/mol. The molecule has 4 nitrogen and oxygen atoms in total. The SMILES string of the molecule is C[C@@H]1NOC(C)(C)[C@H](N)O1. The van der Waals surface area contributed by atoms with Gasteiger partial charge in [0, 0.05) is 0 Å². The van der Waals surface area contributed by atoms with Crippen LogP contribution in [0, 0.1) is 0 Å². The smallest absolute Gasteiger partial charge is 0.138 e. The fraction of sp³-hybridized carbons (Fsp3) is 1.00. The highest BCUT2D eigenvalue weighted by atomic mass is 16.7. The molecule has 3 N–H and O–H groups in total. The normalized spacial score (nSPS) is 39.6. The van der Waals surface area contributed by atoms with E-state index in [1.165, 1.54) is 0 Å². The van der Waals surface area contributed by atoms with Crippen LogP contribution in [-0.2, 0) is 9.57 Å². The van der Waals surface area contributed by atoms with Crippen molar-refractivity contribution in [1.82, 2.24) is 5.48 Å². The van der Waals surface area contributed by atoms with Gasteiger partial charge in [0.05, 0.1) is 0 Å². The van der Waals surface area contributed by atoms with Gasteiger partial charge in [0.1, 0.15) is 18.1 Å². The van der Waals surface area contributed by atoms with Crippen molar-refractivity contribution in [3.63, 3.8) is 0 Å². The molecule has 4 heteroatoms. The minimum atomic E-state index is -0.438. The van der Waals surface area contributed by atoms with Crippen molar-refractivity contribution >= 4 is 0 Å². The van der Waals surface area contributed by atoms with E-state index in [0.717, 1.165) is 0 Å². The zero-order valence-corrected chi connectivity index (χ0v) is 6.55. The van der Waals surface area contributed by atoms with Gasteiger partial charge in [-0.25, -0.2) is 0 Å². The summed E-state index contributed by atoms with van der Waals surface area (Å²) in [5.41, 5.74) is 7.88. The number of nitrogens with two attached hydrogens (primary N) is 1. The molecule has 1 fully saturated rings. The van der Waals surface area contributed by atoms with E-state index in [9.17, 15) is 0 Å². The average Bonchev–Trinajstić information content (AvgIpc) is 1.81. The van der Waals surface area contributed by atoms with Crippen LogP contribution in [0.5, 0.6) is 0 Å². The molecule has 0 radical (unpaired) electrons. The predicted octanol–water partition coefficient (Wildman–Crippen LogP) is -0.0528. The van der Waals surface area contributed by atoms with E-state index in [-0.39, 0.29) is 12.5 Å². The van der Waals surface area contributed by atoms with Crippen molar-refractivity contribution < 1.29 is 9.57 Å². The van der Waals surface area contributed by atoms with Crippen LogP contribution in [0.3, 0.4) is 0 Å². The Bertz CT molecular complexity index is 127. The summed E-state index contributed by atoms with van der Waals surface area (Å²) in [5, 5.41) is 0.